The smallest absolute Gasteiger partial charge is 0.214 e. The number of tetrazole rings is 1. The van der Waals surface area contributed by atoms with Crippen LogP contribution in [0.4, 0.5) is 0 Å². The van der Waals surface area contributed by atoms with Gasteiger partial charge in [0.1, 0.15) is 31.9 Å². The molecule has 26 heavy (non-hydrogen) atoms. The molecule has 142 valence electrons. The Morgan fingerprint density at radius 3 is 2.42 bits per heavy atom. The van der Waals surface area contributed by atoms with Crippen molar-refractivity contribution in [3.8, 4) is 5.75 Å². The normalized spacial score (nSPS) is 21.7. The summed E-state index contributed by atoms with van der Waals surface area (Å²) >= 11 is 0. The Kier molecular flexibility index (Phi) is 6.21. The summed E-state index contributed by atoms with van der Waals surface area (Å²) in [6.45, 7) is 9.94. The maximum atomic E-state index is 5.33. The lowest BCUT2D eigenvalue weighted by molar-refractivity contribution is -1.02. The first-order valence-electron chi connectivity index (χ1n) is 9.64. The Balaban J connectivity index is 1.91. The van der Waals surface area contributed by atoms with Gasteiger partial charge in [0.15, 0.2) is 6.04 Å². The summed E-state index contributed by atoms with van der Waals surface area (Å²) in [6, 6.07) is 8.54. The fourth-order valence-corrected chi connectivity index (χ4v) is 3.61. The number of hydrogen-bond acceptors (Lipinski definition) is 4. The third-order valence-corrected chi connectivity index (χ3v) is 5.34. The fourth-order valence-electron chi connectivity index (χ4n) is 3.61. The highest BCUT2D eigenvalue weighted by atomic mass is 16.5. The van der Waals surface area contributed by atoms with Gasteiger partial charge >= 0.3 is 0 Å². The van der Waals surface area contributed by atoms with Gasteiger partial charge in [-0.1, -0.05) is 13.8 Å². The molecule has 2 aromatic rings. The lowest BCUT2D eigenvalue weighted by Crippen LogP contribution is -3.27. The number of rotatable bonds is 7. The Bertz CT molecular complexity index is 676. The summed E-state index contributed by atoms with van der Waals surface area (Å²) in [6.07, 6.45) is 1.08. The van der Waals surface area contributed by atoms with Gasteiger partial charge in [0, 0.05) is 12.1 Å². The molecule has 0 bridgehead atoms. The van der Waals surface area contributed by atoms with Crippen molar-refractivity contribution >= 4 is 0 Å². The Labute approximate surface area is 155 Å². The third-order valence-electron chi connectivity index (χ3n) is 5.34. The molecule has 7 nitrogen and oxygen atoms in total. The third kappa shape index (κ3) is 4.40. The molecule has 2 N–H and O–H groups in total. The predicted octanol–water partition coefficient (Wildman–Crippen LogP) is -0.770. The summed E-state index contributed by atoms with van der Waals surface area (Å²) in [4.78, 5) is 3.14. The number of methoxy groups -OCH3 is 1. The number of nitrogens with zero attached hydrogens (tertiary/aromatic N) is 4. The van der Waals surface area contributed by atoms with E-state index in [1.807, 2.05) is 16.8 Å². The lowest BCUT2D eigenvalue weighted by atomic mass is 10.0. The van der Waals surface area contributed by atoms with Gasteiger partial charge in [-0.15, -0.1) is 5.10 Å². The van der Waals surface area contributed by atoms with Crippen molar-refractivity contribution in [1.29, 1.82) is 0 Å². The van der Waals surface area contributed by atoms with E-state index in [2.05, 4.69) is 48.6 Å². The van der Waals surface area contributed by atoms with E-state index in [1.54, 1.807) is 16.9 Å². The van der Waals surface area contributed by atoms with Crippen LogP contribution < -0.4 is 14.5 Å². The summed E-state index contributed by atoms with van der Waals surface area (Å²) in [5, 5.41) is 12.8. The van der Waals surface area contributed by atoms with Crippen LogP contribution >= 0.6 is 0 Å². The number of likely N-dealkylation sites (N-methyl/N-ethyl adjacent to an activating group) is 1. The second-order valence-corrected chi connectivity index (χ2v) is 7.76. The Morgan fingerprint density at radius 2 is 1.81 bits per heavy atom. The highest BCUT2D eigenvalue weighted by Crippen LogP contribution is 2.21. The van der Waals surface area contributed by atoms with Crippen LogP contribution in [0.2, 0.25) is 0 Å². The molecule has 7 heteroatoms. The SMILES string of the molecule is COc1ccc([C@H](c2nnnn2CCC(C)C)[NH+]2CC[NH+](C)CC2)cc1. The van der Waals surface area contributed by atoms with E-state index in [9.17, 15) is 0 Å². The highest BCUT2D eigenvalue weighted by Gasteiger charge is 2.34. The van der Waals surface area contributed by atoms with Crippen LogP contribution in [-0.4, -0.2) is 60.5 Å². The molecule has 0 aliphatic carbocycles. The van der Waals surface area contributed by atoms with Gasteiger partial charge in [0.2, 0.25) is 5.82 Å². The first-order valence-corrected chi connectivity index (χ1v) is 9.64. The first kappa shape index (κ1) is 18.8. The molecule has 1 fully saturated rings. The van der Waals surface area contributed by atoms with Crippen molar-refractivity contribution in [3.05, 3.63) is 35.7 Å². The number of benzene rings is 1. The molecule has 2 heterocycles. The Morgan fingerprint density at radius 1 is 1.12 bits per heavy atom. The fraction of sp³-hybridized carbons (Fsp3) is 0.632. The van der Waals surface area contributed by atoms with Crippen molar-refractivity contribution < 1.29 is 14.5 Å². The number of ether oxygens (including phenoxy) is 1. The average Bonchev–Trinajstić information content (AvgIpc) is 3.10. The van der Waals surface area contributed by atoms with Crippen LogP contribution in [0.5, 0.6) is 5.75 Å². The molecule has 1 aromatic carbocycles. The summed E-state index contributed by atoms with van der Waals surface area (Å²) < 4.78 is 7.34. The van der Waals surface area contributed by atoms with E-state index in [-0.39, 0.29) is 6.04 Å². The first-order chi connectivity index (χ1) is 12.6. The maximum Gasteiger partial charge on any atom is 0.214 e. The minimum Gasteiger partial charge on any atom is -0.497 e. The molecule has 1 saturated heterocycles. The zero-order chi connectivity index (χ0) is 18.5. The molecular formula is C19H32N6O+2. The van der Waals surface area contributed by atoms with E-state index in [4.69, 9.17) is 4.74 Å². The largest absolute Gasteiger partial charge is 0.497 e. The summed E-state index contributed by atoms with van der Waals surface area (Å²) in [5.74, 6) is 2.49. The highest BCUT2D eigenvalue weighted by molar-refractivity contribution is 5.30. The summed E-state index contributed by atoms with van der Waals surface area (Å²) in [7, 11) is 3.97. The van der Waals surface area contributed by atoms with E-state index < -0.39 is 0 Å². The zero-order valence-electron chi connectivity index (χ0n) is 16.4. The molecule has 0 radical (unpaired) electrons. The number of aromatic nitrogens is 4. The topological polar surface area (TPSA) is 61.7 Å². The van der Waals surface area contributed by atoms with Gasteiger partial charge in [0.25, 0.3) is 0 Å². The molecule has 0 amide bonds. The molecule has 0 saturated carbocycles. The van der Waals surface area contributed by atoms with Gasteiger partial charge in [-0.2, -0.15) is 0 Å². The second-order valence-electron chi connectivity index (χ2n) is 7.76. The number of quaternary nitrogens is 2. The van der Waals surface area contributed by atoms with Gasteiger partial charge in [-0.05, 0) is 47.0 Å². The maximum absolute atomic E-state index is 5.33. The molecule has 0 unspecified atom stereocenters. The molecule has 0 spiro atoms. The lowest BCUT2D eigenvalue weighted by Gasteiger charge is -2.32. The number of aryl methyl sites for hydroxylation is 1. The molecule has 1 aliphatic heterocycles. The molecule has 3 rings (SSSR count). The zero-order valence-corrected chi connectivity index (χ0v) is 16.4. The van der Waals surface area contributed by atoms with Crippen LogP contribution in [0.25, 0.3) is 0 Å². The second kappa shape index (κ2) is 8.60. The van der Waals surface area contributed by atoms with Crippen molar-refractivity contribution in [2.24, 2.45) is 5.92 Å². The van der Waals surface area contributed by atoms with Gasteiger partial charge < -0.3 is 14.5 Å². The quantitative estimate of drug-likeness (QED) is 0.681. The van der Waals surface area contributed by atoms with E-state index in [1.165, 1.54) is 18.7 Å². The van der Waals surface area contributed by atoms with E-state index in [0.717, 1.165) is 37.6 Å². The molecule has 1 atom stereocenters. The molecular weight excluding hydrogens is 328 g/mol. The predicted molar refractivity (Wildman–Crippen MR) is 99.4 cm³/mol. The van der Waals surface area contributed by atoms with Crippen LogP contribution in [0.15, 0.2) is 24.3 Å². The molecule has 1 aliphatic rings. The van der Waals surface area contributed by atoms with E-state index >= 15 is 0 Å². The minimum absolute atomic E-state index is 0.163. The number of nitrogens with one attached hydrogen (secondary N) is 2. The average molecular weight is 361 g/mol. The minimum atomic E-state index is 0.163. The van der Waals surface area contributed by atoms with Crippen molar-refractivity contribution in [2.75, 3.05) is 40.3 Å². The van der Waals surface area contributed by atoms with Crippen molar-refractivity contribution in [3.63, 3.8) is 0 Å². The van der Waals surface area contributed by atoms with E-state index in [0.29, 0.717) is 5.92 Å². The van der Waals surface area contributed by atoms with Gasteiger partial charge in [-0.25, -0.2) is 4.68 Å². The van der Waals surface area contributed by atoms with Crippen molar-refractivity contribution in [2.45, 2.75) is 32.9 Å². The monoisotopic (exact) mass is 360 g/mol. The van der Waals surface area contributed by atoms with Crippen LogP contribution in [0.3, 0.4) is 0 Å². The van der Waals surface area contributed by atoms with Gasteiger partial charge in [-0.3, -0.25) is 0 Å². The van der Waals surface area contributed by atoms with Crippen LogP contribution in [-0.2, 0) is 6.54 Å². The van der Waals surface area contributed by atoms with Crippen LogP contribution in [0, 0.1) is 5.92 Å². The molecule has 1 aromatic heterocycles. The standard InChI is InChI=1S/C19H30N6O/c1-15(2)9-10-25-19(20-21-22-25)18(24-13-11-23(3)12-14-24)16-5-7-17(26-4)8-6-16/h5-8,15,18H,9-14H2,1-4H3/p+2/t18-/m1/s1. The number of hydrogen-bond donors (Lipinski definition) is 2. The van der Waals surface area contributed by atoms with Gasteiger partial charge in [0.05, 0.1) is 14.2 Å². The van der Waals surface area contributed by atoms with Crippen LogP contribution in [0.1, 0.15) is 37.7 Å². The summed E-state index contributed by atoms with van der Waals surface area (Å²) in [5.41, 5.74) is 1.25. The number of piperazine rings is 1. The Hall–Kier alpha value is -1.99. The van der Waals surface area contributed by atoms with Crippen molar-refractivity contribution in [1.82, 2.24) is 20.2 Å².